The Bertz CT molecular complexity index is 486. The second-order valence-corrected chi connectivity index (χ2v) is 5.68. The molecule has 3 N–H and O–H groups in total. The summed E-state index contributed by atoms with van der Waals surface area (Å²) in [7, 11) is 0. The second-order valence-electron chi connectivity index (χ2n) is 5.68. The molecule has 0 radical (unpaired) electrons. The molecule has 0 aliphatic rings. The smallest absolute Gasteiger partial charge is 0.333 e. The summed E-state index contributed by atoms with van der Waals surface area (Å²) in [6.45, 7) is 4.94. The summed E-state index contributed by atoms with van der Waals surface area (Å²) in [5, 5.41) is 6.62. The molecule has 1 atom stereocenters. The van der Waals surface area contributed by atoms with Crippen LogP contribution in [-0.4, -0.2) is 28.3 Å². The Kier molecular flexibility index (Phi) is 6.26. The van der Waals surface area contributed by atoms with Crippen LogP contribution in [0.15, 0.2) is 0 Å². The van der Waals surface area contributed by atoms with Crippen molar-refractivity contribution in [3.63, 3.8) is 0 Å². The predicted molar refractivity (Wildman–Crippen MR) is 77.1 cm³/mol. The number of hydrogen-bond donors (Lipinski definition) is 2. The van der Waals surface area contributed by atoms with Crippen LogP contribution in [0.2, 0.25) is 0 Å². The minimum absolute atomic E-state index is 0.0407. The molecule has 0 aliphatic carbocycles. The molecule has 1 heterocycles. The van der Waals surface area contributed by atoms with Crippen LogP contribution in [0.3, 0.4) is 0 Å². The SMILES string of the molecule is Cc1nn(C(F)F)c(C)c1CC(=O)NC(CN)CC(C)C. The van der Waals surface area contributed by atoms with Crippen molar-refractivity contribution in [2.45, 2.75) is 53.1 Å². The molecule has 21 heavy (non-hydrogen) atoms. The Morgan fingerprint density at radius 1 is 1.38 bits per heavy atom. The molecule has 0 aromatic carbocycles. The van der Waals surface area contributed by atoms with Gasteiger partial charge in [0.25, 0.3) is 0 Å². The second kappa shape index (κ2) is 7.49. The van der Waals surface area contributed by atoms with E-state index in [1.807, 2.05) is 0 Å². The lowest BCUT2D eigenvalue weighted by molar-refractivity contribution is -0.121. The lowest BCUT2D eigenvalue weighted by atomic mass is 10.0. The fraction of sp³-hybridized carbons (Fsp3) is 0.714. The van der Waals surface area contributed by atoms with Gasteiger partial charge in [-0.15, -0.1) is 0 Å². The number of hydrogen-bond acceptors (Lipinski definition) is 3. The molecule has 1 rings (SSSR count). The van der Waals surface area contributed by atoms with E-state index in [2.05, 4.69) is 24.3 Å². The summed E-state index contributed by atoms with van der Waals surface area (Å²) >= 11 is 0. The van der Waals surface area contributed by atoms with Gasteiger partial charge in [0, 0.05) is 23.8 Å². The highest BCUT2D eigenvalue weighted by Gasteiger charge is 2.20. The number of amides is 1. The maximum atomic E-state index is 12.8. The third-order valence-corrected chi connectivity index (χ3v) is 3.40. The van der Waals surface area contributed by atoms with Crippen molar-refractivity contribution in [2.75, 3.05) is 6.54 Å². The quantitative estimate of drug-likeness (QED) is 0.808. The largest absolute Gasteiger partial charge is 0.352 e. The van der Waals surface area contributed by atoms with Crippen molar-refractivity contribution >= 4 is 5.91 Å². The van der Waals surface area contributed by atoms with Gasteiger partial charge in [0.2, 0.25) is 5.91 Å². The van der Waals surface area contributed by atoms with E-state index in [-0.39, 0.29) is 18.4 Å². The summed E-state index contributed by atoms with van der Waals surface area (Å²) in [4.78, 5) is 12.1. The predicted octanol–water partition coefficient (Wildman–Crippen LogP) is 1.93. The number of nitrogens with one attached hydrogen (secondary N) is 1. The fourth-order valence-corrected chi connectivity index (χ4v) is 2.37. The Balaban J connectivity index is 2.75. The molecule has 7 heteroatoms. The number of carbonyl (C=O) groups is 1. The molecule has 0 spiro atoms. The molecule has 1 unspecified atom stereocenters. The number of aryl methyl sites for hydroxylation is 1. The molecule has 0 aliphatic heterocycles. The van der Waals surface area contributed by atoms with E-state index in [1.54, 1.807) is 13.8 Å². The van der Waals surface area contributed by atoms with Crippen LogP contribution in [0, 0.1) is 19.8 Å². The van der Waals surface area contributed by atoms with Crippen LogP contribution >= 0.6 is 0 Å². The fourth-order valence-electron chi connectivity index (χ4n) is 2.37. The van der Waals surface area contributed by atoms with E-state index in [1.165, 1.54) is 0 Å². The molecule has 5 nitrogen and oxygen atoms in total. The van der Waals surface area contributed by atoms with Crippen LogP contribution in [-0.2, 0) is 11.2 Å². The van der Waals surface area contributed by atoms with Gasteiger partial charge in [0.1, 0.15) is 0 Å². The van der Waals surface area contributed by atoms with E-state index in [9.17, 15) is 13.6 Å². The van der Waals surface area contributed by atoms with Crippen molar-refractivity contribution in [1.82, 2.24) is 15.1 Å². The number of nitrogens with zero attached hydrogens (tertiary/aromatic N) is 2. The number of nitrogens with two attached hydrogens (primary N) is 1. The summed E-state index contributed by atoms with van der Waals surface area (Å²) in [5.41, 5.74) is 6.96. The Morgan fingerprint density at radius 3 is 2.43 bits per heavy atom. The number of carbonyl (C=O) groups excluding carboxylic acids is 1. The first-order valence-corrected chi connectivity index (χ1v) is 7.08. The third-order valence-electron chi connectivity index (χ3n) is 3.40. The van der Waals surface area contributed by atoms with Crippen molar-refractivity contribution in [2.24, 2.45) is 11.7 Å². The first kappa shape index (κ1) is 17.6. The zero-order chi connectivity index (χ0) is 16.2. The Labute approximate surface area is 123 Å². The summed E-state index contributed by atoms with van der Waals surface area (Å²) in [6.07, 6.45) is 0.829. The van der Waals surface area contributed by atoms with Gasteiger partial charge in [-0.1, -0.05) is 13.8 Å². The zero-order valence-corrected chi connectivity index (χ0v) is 13.0. The minimum atomic E-state index is -2.70. The van der Waals surface area contributed by atoms with E-state index < -0.39 is 6.55 Å². The number of alkyl halides is 2. The molecule has 0 saturated carbocycles. The van der Waals surface area contributed by atoms with Gasteiger partial charge in [-0.05, 0) is 26.2 Å². The van der Waals surface area contributed by atoms with Gasteiger partial charge in [-0.2, -0.15) is 13.9 Å². The topological polar surface area (TPSA) is 72.9 Å². The molecule has 0 bridgehead atoms. The monoisotopic (exact) mass is 302 g/mol. The Hall–Kier alpha value is -1.50. The standard InChI is InChI=1S/C14H24F2N4O/c1-8(2)5-11(7-17)18-13(21)6-12-9(3)19-20(10(12)4)14(15)16/h8,11,14H,5-7,17H2,1-4H3,(H,18,21). The van der Waals surface area contributed by atoms with Crippen LogP contribution in [0.5, 0.6) is 0 Å². The zero-order valence-electron chi connectivity index (χ0n) is 13.0. The maximum absolute atomic E-state index is 12.8. The first-order chi connectivity index (χ1) is 9.76. The van der Waals surface area contributed by atoms with Crippen LogP contribution < -0.4 is 11.1 Å². The lowest BCUT2D eigenvalue weighted by Crippen LogP contribution is -2.41. The molecule has 1 aromatic rings. The molecular formula is C14H24F2N4O. The average molecular weight is 302 g/mol. The molecular weight excluding hydrogens is 278 g/mol. The van der Waals surface area contributed by atoms with Crippen molar-refractivity contribution in [1.29, 1.82) is 0 Å². The van der Waals surface area contributed by atoms with Gasteiger partial charge < -0.3 is 11.1 Å². The summed E-state index contributed by atoms with van der Waals surface area (Å²) in [6, 6.07) is -0.0942. The van der Waals surface area contributed by atoms with Gasteiger partial charge >= 0.3 is 6.55 Å². The van der Waals surface area contributed by atoms with Crippen molar-refractivity contribution in [3.8, 4) is 0 Å². The lowest BCUT2D eigenvalue weighted by Gasteiger charge is -2.18. The van der Waals surface area contributed by atoms with E-state index in [4.69, 9.17) is 5.73 Å². The first-order valence-electron chi connectivity index (χ1n) is 7.08. The van der Waals surface area contributed by atoms with E-state index in [0.717, 1.165) is 6.42 Å². The van der Waals surface area contributed by atoms with Crippen LogP contribution in [0.25, 0.3) is 0 Å². The molecule has 0 saturated heterocycles. The highest BCUT2D eigenvalue weighted by molar-refractivity contribution is 5.79. The van der Waals surface area contributed by atoms with Crippen molar-refractivity contribution < 1.29 is 13.6 Å². The molecule has 1 aromatic heterocycles. The van der Waals surface area contributed by atoms with Crippen LogP contribution in [0.4, 0.5) is 8.78 Å². The molecule has 0 fully saturated rings. The normalized spacial score (nSPS) is 13.0. The highest BCUT2D eigenvalue weighted by atomic mass is 19.3. The van der Waals surface area contributed by atoms with Gasteiger partial charge in [-0.3, -0.25) is 4.79 Å². The van der Waals surface area contributed by atoms with E-state index in [0.29, 0.717) is 34.1 Å². The van der Waals surface area contributed by atoms with Crippen LogP contribution in [0.1, 0.15) is 43.8 Å². The third kappa shape index (κ3) is 4.77. The van der Waals surface area contributed by atoms with Gasteiger partial charge in [0.05, 0.1) is 12.1 Å². The molecule has 1 amide bonds. The summed E-state index contributed by atoms with van der Waals surface area (Å²) in [5.74, 6) is 0.204. The Morgan fingerprint density at radius 2 is 2.00 bits per heavy atom. The van der Waals surface area contributed by atoms with E-state index >= 15 is 0 Å². The maximum Gasteiger partial charge on any atom is 0.333 e. The molecule has 120 valence electrons. The number of aromatic nitrogens is 2. The number of rotatable bonds is 7. The van der Waals surface area contributed by atoms with Crippen molar-refractivity contribution in [3.05, 3.63) is 17.0 Å². The minimum Gasteiger partial charge on any atom is -0.352 e. The average Bonchev–Trinajstić information content (AvgIpc) is 2.65. The summed E-state index contributed by atoms with van der Waals surface area (Å²) < 4.78 is 26.1. The van der Waals surface area contributed by atoms with Gasteiger partial charge in [-0.25, -0.2) is 4.68 Å². The number of halogens is 2. The van der Waals surface area contributed by atoms with Gasteiger partial charge in [0.15, 0.2) is 0 Å². The highest BCUT2D eigenvalue weighted by Crippen LogP contribution is 2.19.